The van der Waals surface area contributed by atoms with Crippen LogP contribution in [0.2, 0.25) is 0 Å². The second-order valence-corrected chi connectivity index (χ2v) is 3.23. The molecule has 0 aliphatic carbocycles. The molecule has 1 rings (SSSR count). The van der Waals surface area contributed by atoms with Crippen molar-refractivity contribution < 1.29 is 9.47 Å². The Balaban J connectivity index is 3.11. The van der Waals surface area contributed by atoms with E-state index in [0.717, 1.165) is 29.9 Å². The van der Waals surface area contributed by atoms with Gasteiger partial charge in [-0.2, -0.15) is 0 Å². The van der Waals surface area contributed by atoms with Gasteiger partial charge in [0.2, 0.25) is 0 Å². The molecule has 1 aromatic rings. The minimum absolute atomic E-state index is 0.799. The molecule has 0 bridgehead atoms. The number of ether oxygens (including phenoxy) is 2. The Morgan fingerprint density at radius 1 is 1.14 bits per heavy atom. The van der Waals surface area contributed by atoms with E-state index in [1.54, 1.807) is 14.2 Å². The first-order valence-corrected chi connectivity index (χ1v) is 4.79. The molecule has 0 aliphatic rings. The SMILES string of the molecule is [CH2]c1c(OC)cc(CCC)cc1OC. The molecule has 0 saturated heterocycles. The van der Waals surface area contributed by atoms with Gasteiger partial charge in [-0.05, 0) is 31.0 Å². The van der Waals surface area contributed by atoms with E-state index < -0.39 is 0 Å². The maximum absolute atomic E-state index is 5.23. The molecule has 2 nitrogen and oxygen atoms in total. The summed E-state index contributed by atoms with van der Waals surface area (Å²) in [4.78, 5) is 0. The molecule has 0 aromatic heterocycles. The van der Waals surface area contributed by atoms with Gasteiger partial charge >= 0.3 is 0 Å². The highest BCUT2D eigenvalue weighted by Crippen LogP contribution is 2.29. The van der Waals surface area contributed by atoms with Gasteiger partial charge in [0.05, 0.1) is 14.2 Å². The van der Waals surface area contributed by atoms with E-state index >= 15 is 0 Å². The van der Waals surface area contributed by atoms with Crippen molar-refractivity contribution in [3.8, 4) is 11.5 Å². The number of hydrogen-bond donors (Lipinski definition) is 0. The first-order valence-electron chi connectivity index (χ1n) is 4.79. The van der Waals surface area contributed by atoms with Gasteiger partial charge in [-0.3, -0.25) is 0 Å². The van der Waals surface area contributed by atoms with Crippen LogP contribution < -0.4 is 9.47 Å². The molecule has 0 amide bonds. The fourth-order valence-corrected chi connectivity index (χ4v) is 1.47. The van der Waals surface area contributed by atoms with Crippen molar-refractivity contribution in [2.45, 2.75) is 19.8 Å². The third-order valence-corrected chi connectivity index (χ3v) is 2.21. The largest absolute Gasteiger partial charge is 0.496 e. The van der Waals surface area contributed by atoms with E-state index in [-0.39, 0.29) is 0 Å². The molecule has 0 N–H and O–H groups in total. The third kappa shape index (κ3) is 2.19. The van der Waals surface area contributed by atoms with Crippen molar-refractivity contribution >= 4 is 0 Å². The number of methoxy groups -OCH3 is 2. The molecular formula is C12H17O2. The lowest BCUT2D eigenvalue weighted by molar-refractivity contribution is 0.390. The molecule has 1 radical (unpaired) electrons. The minimum atomic E-state index is 0.799. The van der Waals surface area contributed by atoms with Gasteiger partial charge in [0.25, 0.3) is 0 Å². The van der Waals surface area contributed by atoms with Crippen LogP contribution in [0.3, 0.4) is 0 Å². The Hall–Kier alpha value is -1.18. The normalized spacial score (nSPS) is 10.0. The zero-order valence-corrected chi connectivity index (χ0v) is 9.09. The van der Waals surface area contributed by atoms with Crippen molar-refractivity contribution in [2.24, 2.45) is 0 Å². The number of hydrogen-bond acceptors (Lipinski definition) is 2. The topological polar surface area (TPSA) is 18.5 Å². The summed E-state index contributed by atoms with van der Waals surface area (Å²) in [6.45, 7) is 6.06. The van der Waals surface area contributed by atoms with Crippen LogP contribution in [0.1, 0.15) is 24.5 Å². The molecule has 77 valence electrons. The molecule has 0 fully saturated rings. The average Bonchev–Trinajstić information content (AvgIpc) is 2.20. The van der Waals surface area contributed by atoms with E-state index in [9.17, 15) is 0 Å². The highest BCUT2D eigenvalue weighted by atomic mass is 16.5. The van der Waals surface area contributed by atoms with E-state index in [2.05, 4.69) is 13.8 Å². The first-order chi connectivity index (χ1) is 6.72. The van der Waals surface area contributed by atoms with E-state index in [1.165, 1.54) is 5.56 Å². The Morgan fingerprint density at radius 2 is 1.64 bits per heavy atom. The van der Waals surface area contributed by atoms with Crippen LogP contribution in [-0.4, -0.2) is 14.2 Å². The van der Waals surface area contributed by atoms with Crippen LogP contribution in [0.25, 0.3) is 0 Å². The van der Waals surface area contributed by atoms with E-state index in [0.29, 0.717) is 0 Å². The predicted octanol–water partition coefficient (Wildman–Crippen LogP) is 2.84. The smallest absolute Gasteiger partial charge is 0.126 e. The molecule has 14 heavy (non-hydrogen) atoms. The molecule has 0 saturated carbocycles. The van der Waals surface area contributed by atoms with Crippen LogP contribution in [0.5, 0.6) is 11.5 Å². The van der Waals surface area contributed by atoms with Gasteiger partial charge < -0.3 is 9.47 Å². The van der Waals surface area contributed by atoms with Crippen LogP contribution >= 0.6 is 0 Å². The molecule has 0 unspecified atom stereocenters. The summed E-state index contributed by atoms with van der Waals surface area (Å²) in [5.41, 5.74) is 2.04. The Morgan fingerprint density at radius 3 is 2.00 bits per heavy atom. The summed E-state index contributed by atoms with van der Waals surface area (Å²) in [5.74, 6) is 1.60. The van der Waals surface area contributed by atoms with Gasteiger partial charge in [-0.25, -0.2) is 0 Å². The molecule has 0 aliphatic heterocycles. The maximum atomic E-state index is 5.23. The summed E-state index contributed by atoms with van der Waals surface area (Å²) in [6.07, 6.45) is 2.15. The predicted molar refractivity (Wildman–Crippen MR) is 58.0 cm³/mol. The summed E-state index contributed by atoms with van der Waals surface area (Å²) in [6, 6.07) is 4.04. The van der Waals surface area contributed by atoms with Crippen molar-refractivity contribution in [1.29, 1.82) is 0 Å². The van der Waals surface area contributed by atoms with Crippen LogP contribution in [0.15, 0.2) is 12.1 Å². The van der Waals surface area contributed by atoms with Gasteiger partial charge in [0.1, 0.15) is 11.5 Å². The standard InChI is InChI=1S/C12H17O2/c1-5-6-10-7-11(13-3)9(2)12(8-10)14-4/h7-8H,2,5-6H2,1,3-4H3. The average molecular weight is 193 g/mol. The summed E-state index contributed by atoms with van der Waals surface area (Å²) < 4.78 is 10.5. The van der Waals surface area contributed by atoms with Crippen molar-refractivity contribution in [2.75, 3.05) is 14.2 Å². The summed E-state index contributed by atoms with van der Waals surface area (Å²) >= 11 is 0. The fourth-order valence-electron chi connectivity index (χ4n) is 1.47. The Kier molecular flexibility index (Phi) is 3.81. The molecular weight excluding hydrogens is 176 g/mol. The molecule has 2 heteroatoms. The molecule has 0 spiro atoms. The minimum Gasteiger partial charge on any atom is -0.496 e. The van der Waals surface area contributed by atoms with E-state index in [4.69, 9.17) is 9.47 Å². The zero-order chi connectivity index (χ0) is 10.6. The quantitative estimate of drug-likeness (QED) is 0.732. The lowest BCUT2D eigenvalue weighted by atomic mass is 10.1. The Bertz CT molecular complexity index is 280. The van der Waals surface area contributed by atoms with Crippen LogP contribution in [-0.2, 0) is 6.42 Å². The number of benzene rings is 1. The maximum Gasteiger partial charge on any atom is 0.126 e. The number of rotatable bonds is 4. The summed E-state index contributed by atoms with van der Waals surface area (Å²) in [5, 5.41) is 0. The second kappa shape index (κ2) is 4.89. The highest BCUT2D eigenvalue weighted by Gasteiger charge is 2.07. The first kappa shape index (κ1) is 10.9. The van der Waals surface area contributed by atoms with Gasteiger partial charge in [-0.1, -0.05) is 13.3 Å². The Labute approximate surface area is 85.8 Å². The molecule has 0 atom stereocenters. The fraction of sp³-hybridized carbons (Fsp3) is 0.417. The lowest BCUT2D eigenvalue weighted by Gasteiger charge is -2.11. The molecule has 1 aromatic carbocycles. The van der Waals surface area contributed by atoms with Gasteiger partial charge in [0, 0.05) is 5.56 Å². The van der Waals surface area contributed by atoms with Crippen molar-refractivity contribution in [1.82, 2.24) is 0 Å². The monoisotopic (exact) mass is 193 g/mol. The second-order valence-electron chi connectivity index (χ2n) is 3.23. The summed E-state index contributed by atoms with van der Waals surface area (Å²) in [7, 11) is 3.30. The van der Waals surface area contributed by atoms with Crippen LogP contribution in [0.4, 0.5) is 0 Å². The van der Waals surface area contributed by atoms with Crippen molar-refractivity contribution in [3.05, 3.63) is 30.2 Å². The van der Waals surface area contributed by atoms with Gasteiger partial charge in [0.15, 0.2) is 0 Å². The number of aryl methyl sites for hydroxylation is 1. The zero-order valence-electron chi connectivity index (χ0n) is 9.09. The lowest BCUT2D eigenvalue weighted by Crippen LogP contribution is -1.95. The van der Waals surface area contributed by atoms with E-state index in [1.807, 2.05) is 12.1 Å². The van der Waals surface area contributed by atoms with Crippen molar-refractivity contribution in [3.63, 3.8) is 0 Å². The van der Waals surface area contributed by atoms with Crippen LogP contribution in [0, 0.1) is 6.92 Å². The highest BCUT2D eigenvalue weighted by molar-refractivity contribution is 5.49. The third-order valence-electron chi connectivity index (χ3n) is 2.21. The molecule has 0 heterocycles. The van der Waals surface area contributed by atoms with Gasteiger partial charge in [-0.15, -0.1) is 0 Å².